The monoisotopic (exact) mass is 508 g/mol. The second-order valence-corrected chi connectivity index (χ2v) is 20.5. The van der Waals surface area contributed by atoms with E-state index >= 15 is 0 Å². The Morgan fingerprint density at radius 2 is 1.91 bits per heavy atom. The maximum atomic E-state index is 13.4. The largest absolute Gasteiger partial charge is 0.414 e. The Bertz CT molecular complexity index is 957. The van der Waals surface area contributed by atoms with E-state index in [0.717, 1.165) is 50.5 Å². The number of hydrogen-bond donors (Lipinski definition) is 1. The molecule has 6 atom stereocenters. The molecule has 1 heterocycles. The maximum Gasteiger partial charge on any atom is 0.192 e. The fourth-order valence-electron chi connectivity index (χ4n) is 7.45. The van der Waals surface area contributed by atoms with Crippen molar-refractivity contribution in [1.29, 1.82) is 0 Å². The summed E-state index contributed by atoms with van der Waals surface area (Å²) in [5, 5.41) is 9.55. The van der Waals surface area contributed by atoms with Gasteiger partial charge in [-0.05, 0) is 98.2 Å². The Morgan fingerprint density at radius 3 is 2.56 bits per heavy atom. The predicted octanol–water partition coefficient (Wildman–Crippen LogP) is 6.43. The van der Waals surface area contributed by atoms with E-state index in [0.29, 0.717) is 17.8 Å². The molecular formula is C28H48O4SSi. The molecule has 0 aromatic carbocycles. The first kappa shape index (κ1) is 26.6. The van der Waals surface area contributed by atoms with E-state index in [-0.39, 0.29) is 28.9 Å². The topological polar surface area (TPSA) is 63.6 Å². The van der Waals surface area contributed by atoms with Crippen molar-refractivity contribution in [2.75, 3.05) is 12.4 Å². The van der Waals surface area contributed by atoms with Gasteiger partial charge in [0.15, 0.2) is 18.2 Å². The molecular weight excluding hydrogens is 460 g/mol. The summed E-state index contributed by atoms with van der Waals surface area (Å²) >= 11 is 0. The van der Waals surface area contributed by atoms with Crippen molar-refractivity contribution in [2.24, 2.45) is 23.2 Å². The summed E-state index contributed by atoms with van der Waals surface area (Å²) in [5.41, 5.74) is 3.91. The summed E-state index contributed by atoms with van der Waals surface area (Å²) in [6.45, 7) is 16.2. The lowest BCUT2D eigenvalue weighted by Crippen LogP contribution is -2.44. The fourth-order valence-corrected chi connectivity index (χ4v) is 10.9. The van der Waals surface area contributed by atoms with Gasteiger partial charge in [-0.1, -0.05) is 51.8 Å². The van der Waals surface area contributed by atoms with Crippen molar-refractivity contribution in [3.05, 3.63) is 22.8 Å². The van der Waals surface area contributed by atoms with Crippen molar-refractivity contribution < 1.29 is 18.0 Å². The molecule has 0 amide bonds. The molecule has 0 radical (unpaired) electrons. The van der Waals surface area contributed by atoms with Gasteiger partial charge in [-0.2, -0.15) is 0 Å². The molecule has 2 saturated carbocycles. The molecule has 1 N–H and O–H groups in total. The highest BCUT2D eigenvalue weighted by atomic mass is 32.2. The number of aliphatic hydroxyl groups excluding tert-OH is 1. The van der Waals surface area contributed by atoms with Crippen molar-refractivity contribution in [3.8, 4) is 0 Å². The standard InChI is InChI=1S/C28H48O4SSi/c1-19(17-29)24-12-13-25-20(9-8-14-28(24,25)5)15-26-23-16-22(32-34(6,7)27(2,3)4)11-10-21(23)18-33(26,30)31/h15,19,22,24-26,29H,8-14,16-18H2,1-7H3/b20-15+/t19-,22+,24?,25?,26?,28-/m1/s1. The molecule has 3 aliphatic carbocycles. The summed E-state index contributed by atoms with van der Waals surface area (Å²) in [4.78, 5) is 0. The highest BCUT2D eigenvalue weighted by Crippen LogP contribution is 2.59. The van der Waals surface area contributed by atoms with Crippen molar-refractivity contribution in [1.82, 2.24) is 0 Å². The van der Waals surface area contributed by atoms with Gasteiger partial charge in [0.05, 0.1) is 5.75 Å². The van der Waals surface area contributed by atoms with Gasteiger partial charge in [0, 0.05) is 12.7 Å². The van der Waals surface area contributed by atoms with Gasteiger partial charge in [0.25, 0.3) is 0 Å². The minimum Gasteiger partial charge on any atom is -0.414 e. The van der Waals surface area contributed by atoms with E-state index in [1.54, 1.807) is 0 Å². The molecule has 4 aliphatic rings. The number of fused-ring (bicyclic) bond motifs is 1. The van der Waals surface area contributed by atoms with Crippen LogP contribution in [0.25, 0.3) is 0 Å². The fraction of sp³-hybridized carbons (Fsp3) is 0.857. The quantitative estimate of drug-likeness (QED) is 0.343. The first-order chi connectivity index (χ1) is 15.7. The molecule has 0 saturated heterocycles. The van der Waals surface area contributed by atoms with Gasteiger partial charge < -0.3 is 9.53 Å². The molecule has 4 nitrogen and oxygen atoms in total. The van der Waals surface area contributed by atoms with Crippen LogP contribution in [0, 0.1) is 23.2 Å². The van der Waals surface area contributed by atoms with E-state index < -0.39 is 23.4 Å². The SMILES string of the molecule is C[C@H](CO)C1CCC2/C(=C/C3C4=C(CC[C@H](O[Si](C)(C)C(C)(C)C)C4)CS3(=O)=O)CCC[C@@]21C. The summed E-state index contributed by atoms with van der Waals surface area (Å²) in [5.74, 6) is 1.54. The molecule has 1 aliphatic heterocycles. The number of rotatable bonds is 5. The van der Waals surface area contributed by atoms with Crippen molar-refractivity contribution in [2.45, 2.75) is 115 Å². The van der Waals surface area contributed by atoms with Gasteiger partial charge in [-0.3, -0.25) is 0 Å². The summed E-state index contributed by atoms with van der Waals surface area (Å²) < 4.78 is 33.5. The lowest BCUT2D eigenvalue weighted by atomic mass is 9.61. The Balaban J connectivity index is 1.59. The number of sulfone groups is 1. The number of hydrogen-bond acceptors (Lipinski definition) is 4. The Morgan fingerprint density at radius 1 is 1.21 bits per heavy atom. The zero-order valence-corrected chi connectivity index (χ0v) is 24.4. The second kappa shape index (κ2) is 9.15. The van der Waals surface area contributed by atoms with Crippen molar-refractivity contribution >= 4 is 18.2 Å². The second-order valence-electron chi connectivity index (χ2n) is 13.6. The summed E-state index contributed by atoms with van der Waals surface area (Å²) in [6.07, 6.45) is 10.6. The van der Waals surface area contributed by atoms with E-state index in [1.165, 1.54) is 17.6 Å². The normalized spacial score (nSPS) is 38.2. The average molecular weight is 509 g/mol. The molecule has 6 heteroatoms. The first-order valence-corrected chi connectivity index (χ1v) is 18.2. The van der Waals surface area contributed by atoms with Gasteiger partial charge in [-0.25, -0.2) is 8.42 Å². The Hall–Kier alpha value is -0.433. The highest BCUT2D eigenvalue weighted by Gasteiger charge is 2.51. The van der Waals surface area contributed by atoms with Crippen LogP contribution in [0.2, 0.25) is 18.1 Å². The third-order valence-corrected chi connectivity index (χ3v) is 16.9. The molecule has 0 spiro atoms. The maximum absolute atomic E-state index is 13.4. The molecule has 4 rings (SSSR count). The predicted molar refractivity (Wildman–Crippen MR) is 143 cm³/mol. The third kappa shape index (κ3) is 4.66. The van der Waals surface area contributed by atoms with Crippen molar-refractivity contribution in [3.63, 3.8) is 0 Å². The molecule has 0 aromatic heterocycles. The van der Waals surface area contributed by atoms with Crippen LogP contribution in [-0.2, 0) is 14.3 Å². The number of allylic oxidation sites excluding steroid dienone is 1. The van der Waals surface area contributed by atoms with Crippen LogP contribution in [0.15, 0.2) is 22.8 Å². The molecule has 0 aromatic rings. The molecule has 0 bridgehead atoms. The van der Waals surface area contributed by atoms with Crippen LogP contribution >= 0.6 is 0 Å². The minimum absolute atomic E-state index is 0.145. The Kier molecular flexibility index (Phi) is 7.16. The van der Waals surface area contributed by atoms with Gasteiger partial charge in [0.2, 0.25) is 0 Å². The van der Waals surface area contributed by atoms with E-state index in [9.17, 15) is 13.5 Å². The van der Waals surface area contributed by atoms with Crippen LogP contribution in [0.4, 0.5) is 0 Å². The average Bonchev–Trinajstić information content (AvgIpc) is 3.20. The van der Waals surface area contributed by atoms with Gasteiger partial charge >= 0.3 is 0 Å². The van der Waals surface area contributed by atoms with E-state index in [2.05, 4.69) is 53.8 Å². The Labute approximate surface area is 209 Å². The molecule has 2 fully saturated rings. The van der Waals surface area contributed by atoms with Crippen LogP contribution in [0.3, 0.4) is 0 Å². The van der Waals surface area contributed by atoms with E-state index in [1.807, 2.05) is 0 Å². The van der Waals surface area contributed by atoms with Crippen LogP contribution < -0.4 is 0 Å². The zero-order chi connectivity index (χ0) is 25.1. The minimum atomic E-state index is -3.18. The van der Waals surface area contributed by atoms with E-state index in [4.69, 9.17) is 4.43 Å². The lowest BCUT2D eigenvalue weighted by Gasteiger charge is -2.44. The van der Waals surface area contributed by atoms with Crippen LogP contribution in [-0.4, -0.2) is 45.6 Å². The molecule has 34 heavy (non-hydrogen) atoms. The molecule has 194 valence electrons. The van der Waals surface area contributed by atoms with Crippen LogP contribution in [0.1, 0.15) is 86.0 Å². The van der Waals surface area contributed by atoms with Crippen LogP contribution in [0.5, 0.6) is 0 Å². The zero-order valence-electron chi connectivity index (χ0n) is 22.6. The summed E-state index contributed by atoms with van der Waals surface area (Å²) in [7, 11) is -5.08. The third-order valence-electron chi connectivity index (χ3n) is 10.4. The first-order valence-electron chi connectivity index (χ1n) is 13.6. The van der Waals surface area contributed by atoms with Gasteiger partial charge in [-0.15, -0.1) is 0 Å². The smallest absolute Gasteiger partial charge is 0.192 e. The molecule has 3 unspecified atom stereocenters. The van der Waals surface area contributed by atoms with Gasteiger partial charge in [0.1, 0.15) is 5.25 Å². The summed E-state index contributed by atoms with van der Waals surface area (Å²) in [6, 6.07) is 0. The lowest BCUT2D eigenvalue weighted by molar-refractivity contribution is 0.0688. The highest BCUT2D eigenvalue weighted by molar-refractivity contribution is 7.92. The number of aliphatic hydroxyl groups is 1.